The maximum Gasteiger partial charge on any atom is 0.162 e. The highest BCUT2D eigenvalue weighted by Gasteiger charge is 2.34. The van der Waals surface area contributed by atoms with Gasteiger partial charge in [-0.25, -0.2) is 0 Å². The fraction of sp³-hybridized carbons (Fsp3) is 0.643. The highest BCUT2D eigenvalue weighted by atomic mass is 16.1. The van der Waals surface area contributed by atoms with Crippen LogP contribution in [-0.4, -0.2) is 24.8 Å². The molecule has 0 aliphatic heterocycles. The van der Waals surface area contributed by atoms with Gasteiger partial charge in [0, 0.05) is 26.2 Å². The van der Waals surface area contributed by atoms with Gasteiger partial charge < -0.3 is 4.90 Å². The first-order valence-electron chi connectivity index (χ1n) is 5.81. The molecule has 1 atom stereocenters. The van der Waals surface area contributed by atoms with Crippen molar-refractivity contribution in [3.63, 3.8) is 0 Å². The number of hydrogen-bond acceptors (Lipinski definition) is 2. The van der Waals surface area contributed by atoms with Crippen molar-refractivity contribution >= 4 is 5.78 Å². The van der Waals surface area contributed by atoms with Gasteiger partial charge in [0.25, 0.3) is 0 Å². The van der Waals surface area contributed by atoms with Crippen LogP contribution in [0.4, 0.5) is 0 Å². The van der Waals surface area contributed by atoms with Gasteiger partial charge in [-0.2, -0.15) is 0 Å². The van der Waals surface area contributed by atoms with E-state index in [2.05, 4.69) is 27.0 Å². The van der Waals surface area contributed by atoms with E-state index in [0.717, 1.165) is 12.0 Å². The normalized spacial score (nSPS) is 24.6. The molecule has 0 saturated carbocycles. The van der Waals surface area contributed by atoms with E-state index in [9.17, 15) is 4.79 Å². The molecule has 0 bridgehead atoms. The van der Waals surface area contributed by atoms with Crippen LogP contribution >= 0.6 is 0 Å². The van der Waals surface area contributed by atoms with Crippen LogP contribution < -0.4 is 0 Å². The summed E-state index contributed by atoms with van der Waals surface area (Å²) in [6, 6.07) is 0. The second-order valence-corrected chi connectivity index (χ2v) is 5.98. The number of carbonyl (C=O) groups is 1. The van der Waals surface area contributed by atoms with Crippen molar-refractivity contribution < 1.29 is 4.79 Å². The van der Waals surface area contributed by atoms with Gasteiger partial charge in [0.2, 0.25) is 0 Å². The van der Waals surface area contributed by atoms with E-state index in [0.29, 0.717) is 5.78 Å². The van der Waals surface area contributed by atoms with Crippen molar-refractivity contribution in [2.24, 2.45) is 11.3 Å². The van der Waals surface area contributed by atoms with E-state index in [4.69, 9.17) is 0 Å². The molecule has 0 amide bonds. The van der Waals surface area contributed by atoms with E-state index < -0.39 is 0 Å². The summed E-state index contributed by atoms with van der Waals surface area (Å²) < 4.78 is 0. The third-order valence-corrected chi connectivity index (χ3v) is 3.02. The summed E-state index contributed by atoms with van der Waals surface area (Å²) >= 11 is 0. The molecule has 0 N–H and O–H groups in total. The van der Waals surface area contributed by atoms with Gasteiger partial charge >= 0.3 is 0 Å². The Morgan fingerprint density at radius 2 is 1.94 bits per heavy atom. The van der Waals surface area contributed by atoms with Crippen LogP contribution in [0.15, 0.2) is 23.4 Å². The zero-order valence-corrected chi connectivity index (χ0v) is 11.3. The number of allylic oxidation sites excluding steroid dienone is 3. The van der Waals surface area contributed by atoms with Gasteiger partial charge in [0.05, 0.1) is 0 Å². The molecule has 0 heterocycles. The molecular weight excluding hydrogens is 198 g/mol. The first-order valence-corrected chi connectivity index (χ1v) is 5.81. The third-order valence-electron chi connectivity index (χ3n) is 3.02. The summed E-state index contributed by atoms with van der Waals surface area (Å²) in [5.41, 5.74) is 2.18. The number of carbonyl (C=O) groups excluding carboxylic acids is 1. The highest BCUT2D eigenvalue weighted by Crippen LogP contribution is 2.37. The minimum atomic E-state index is 0.0397. The van der Waals surface area contributed by atoms with E-state index >= 15 is 0 Å². The molecule has 0 saturated heterocycles. The highest BCUT2D eigenvalue weighted by molar-refractivity contribution is 5.99. The zero-order valence-electron chi connectivity index (χ0n) is 11.3. The Labute approximate surface area is 99.0 Å². The summed E-state index contributed by atoms with van der Waals surface area (Å²) in [5, 5.41) is 0. The Morgan fingerprint density at radius 1 is 1.38 bits per heavy atom. The van der Waals surface area contributed by atoms with Crippen molar-refractivity contribution in [3.8, 4) is 0 Å². The van der Waals surface area contributed by atoms with Crippen LogP contribution in [0.1, 0.15) is 34.1 Å². The second kappa shape index (κ2) is 4.44. The van der Waals surface area contributed by atoms with Crippen LogP contribution in [0.2, 0.25) is 0 Å². The van der Waals surface area contributed by atoms with Gasteiger partial charge in [-0.3, -0.25) is 4.79 Å². The lowest BCUT2D eigenvalue weighted by atomic mass is 9.70. The Hall–Kier alpha value is -1.05. The molecule has 90 valence electrons. The maximum atomic E-state index is 12.1. The van der Waals surface area contributed by atoms with Gasteiger partial charge in [0.1, 0.15) is 0 Å². The number of Topliss-reactive ketones (excluding diaryl/α,β-unsaturated/α-hetero) is 1. The Morgan fingerprint density at radius 3 is 2.38 bits per heavy atom. The van der Waals surface area contributed by atoms with E-state index in [1.54, 1.807) is 0 Å². The molecular formula is C14H23NO. The monoisotopic (exact) mass is 221 g/mol. The summed E-state index contributed by atoms with van der Waals surface area (Å²) in [6.07, 6.45) is 4.98. The van der Waals surface area contributed by atoms with Crippen LogP contribution in [-0.2, 0) is 4.79 Å². The molecule has 2 heteroatoms. The maximum absolute atomic E-state index is 12.1. The Balaban J connectivity index is 3.04. The summed E-state index contributed by atoms with van der Waals surface area (Å²) in [5.74, 6) is 0.423. The first kappa shape index (κ1) is 13.0. The SMILES string of the molecule is CC1=CC(=CN(C)C)CC(C(C)(C)C)C1=O. The summed E-state index contributed by atoms with van der Waals surface area (Å²) in [4.78, 5) is 14.1. The van der Waals surface area contributed by atoms with Gasteiger partial charge in [0.15, 0.2) is 5.78 Å². The average molecular weight is 221 g/mol. The predicted octanol–water partition coefficient (Wildman–Crippen LogP) is 3.01. The van der Waals surface area contributed by atoms with Crippen molar-refractivity contribution in [2.45, 2.75) is 34.1 Å². The number of hydrogen-bond donors (Lipinski definition) is 0. The molecule has 0 fully saturated rings. The lowest BCUT2D eigenvalue weighted by molar-refractivity contribution is -0.122. The minimum Gasteiger partial charge on any atom is -0.383 e. The van der Waals surface area contributed by atoms with Crippen LogP contribution in [0, 0.1) is 11.3 Å². The van der Waals surface area contributed by atoms with Crippen molar-refractivity contribution in [1.82, 2.24) is 4.90 Å². The number of rotatable bonds is 1. The molecule has 2 nitrogen and oxygen atoms in total. The minimum absolute atomic E-state index is 0.0397. The fourth-order valence-corrected chi connectivity index (χ4v) is 2.13. The molecule has 0 spiro atoms. The summed E-state index contributed by atoms with van der Waals surface area (Å²) in [7, 11) is 4.03. The number of ketones is 1. The third kappa shape index (κ3) is 2.97. The van der Waals surface area contributed by atoms with Crippen molar-refractivity contribution in [2.75, 3.05) is 14.1 Å². The predicted molar refractivity (Wildman–Crippen MR) is 68.1 cm³/mol. The lowest BCUT2D eigenvalue weighted by Crippen LogP contribution is -2.32. The van der Waals surface area contributed by atoms with Crippen molar-refractivity contribution in [3.05, 3.63) is 23.4 Å². The zero-order chi connectivity index (χ0) is 12.5. The molecule has 0 aromatic rings. The molecule has 0 radical (unpaired) electrons. The number of nitrogens with zero attached hydrogens (tertiary/aromatic N) is 1. The Bertz CT molecular complexity index is 342. The smallest absolute Gasteiger partial charge is 0.162 e. The molecule has 1 unspecified atom stereocenters. The van der Waals surface area contributed by atoms with E-state index in [-0.39, 0.29) is 11.3 Å². The van der Waals surface area contributed by atoms with Gasteiger partial charge in [-0.05, 0) is 29.9 Å². The van der Waals surface area contributed by atoms with E-state index in [1.807, 2.05) is 32.0 Å². The molecule has 1 aliphatic rings. The van der Waals surface area contributed by atoms with Gasteiger partial charge in [-0.1, -0.05) is 26.8 Å². The summed E-state index contributed by atoms with van der Waals surface area (Å²) in [6.45, 7) is 8.34. The molecule has 1 aliphatic carbocycles. The second-order valence-electron chi connectivity index (χ2n) is 5.98. The molecule has 0 aromatic heterocycles. The van der Waals surface area contributed by atoms with Crippen molar-refractivity contribution in [1.29, 1.82) is 0 Å². The standard InChI is InChI=1S/C14H23NO/c1-10-7-11(9-15(5)6)8-12(13(10)16)14(2,3)4/h7,9,12H,8H2,1-6H3. The molecule has 0 aromatic carbocycles. The quantitative estimate of drug-likeness (QED) is 0.678. The topological polar surface area (TPSA) is 20.3 Å². The molecule has 16 heavy (non-hydrogen) atoms. The van der Waals surface area contributed by atoms with E-state index in [1.165, 1.54) is 5.57 Å². The van der Waals surface area contributed by atoms with Gasteiger partial charge in [-0.15, -0.1) is 0 Å². The van der Waals surface area contributed by atoms with Crippen LogP contribution in [0.25, 0.3) is 0 Å². The average Bonchev–Trinajstić information content (AvgIpc) is 2.08. The van der Waals surface area contributed by atoms with Crippen LogP contribution in [0.5, 0.6) is 0 Å². The fourth-order valence-electron chi connectivity index (χ4n) is 2.13. The largest absolute Gasteiger partial charge is 0.383 e. The Kier molecular flexibility index (Phi) is 3.61. The first-order chi connectivity index (χ1) is 7.21. The lowest BCUT2D eigenvalue weighted by Gasteiger charge is -2.33. The van der Waals surface area contributed by atoms with Crippen LogP contribution in [0.3, 0.4) is 0 Å². The molecule has 1 rings (SSSR count).